The van der Waals surface area contributed by atoms with Crippen molar-refractivity contribution in [2.75, 3.05) is 44.6 Å². The first kappa shape index (κ1) is 30.7. The minimum atomic E-state index is -0.412. The molecule has 3 aromatic rings. The molecule has 0 saturated carbocycles. The number of fused-ring (bicyclic) bond motifs is 2. The number of rotatable bonds is 7. The van der Waals surface area contributed by atoms with Crippen molar-refractivity contribution in [1.82, 2.24) is 29.8 Å². The Labute approximate surface area is 271 Å². The molecule has 0 bridgehead atoms. The summed E-state index contributed by atoms with van der Waals surface area (Å²) in [5, 5.41) is 11.3. The Morgan fingerprint density at radius 2 is 1.63 bits per heavy atom. The van der Waals surface area contributed by atoms with Crippen molar-refractivity contribution in [1.29, 1.82) is 0 Å². The summed E-state index contributed by atoms with van der Waals surface area (Å²) in [6.45, 7) is 7.72. The van der Waals surface area contributed by atoms with Gasteiger partial charge in [-0.1, -0.05) is 30.7 Å². The molecule has 10 heteroatoms. The number of amides is 4. The van der Waals surface area contributed by atoms with Crippen LogP contribution in [0, 0.1) is 12.8 Å². The Kier molecular flexibility index (Phi) is 8.97. The van der Waals surface area contributed by atoms with Crippen molar-refractivity contribution in [2.24, 2.45) is 5.92 Å². The lowest BCUT2D eigenvalue weighted by Crippen LogP contribution is -2.52. The van der Waals surface area contributed by atoms with Crippen LogP contribution in [-0.4, -0.2) is 99.0 Å². The molecule has 3 saturated heterocycles. The fourth-order valence-corrected chi connectivity index (χ4v) is 8.24. The SMILES string of the molecule is Cc1cc(C[C@H](CC(=O)N2CCC(N3Cc4ccccc4NC3=O)CC2)C(=O)N2CCC(N3CCCCC3)CC2)cc2cn[nH]c12. The van der Waals surface area contributed by atoms with E-state index in [-0.39, 0.29) is 30.3 Å². The Balaban J connectivity index is 1.01. The average molecular weight is 626 g/mol. The van der Waals surface area contributed by atoms with Gasteiger partial charge in [0.15, 0.2) is 0 Å². The molecule has 5 heterocycles. The van der Waals surface area contributed by atoms with Crippen molar-refractivity contribution in [3.8, 4) is 0 Å². The van der Waals surface area contributed by atoms with Gasteiger partial charge in [-0.05, 0) is 93.8 Å². The van der Waals surface area contributed by atoms with E-state index in [9.17, 15) is 14.4 Å². The zero-order valence-electron chi connectivity index (χ0n) is 27.0. The molecule has 10 nitrogen and oxygen atoms in total. The first-order valence-electron chi connectivity index (χ1n) is 17.3. The van der Waals surface area contributed by atoms with Gasteiger partial charge in [-0.3, -0.25) is 14.7 Å². The molecule has 244 valence electrons. The van der Waals surface area contributed by atoms with Crippen molar-refractivity contribution in [3.63, 3.8) is 0 Å². The molecule has 0 unspecified atom stereocenters. The highest BCUT2D eigenvalue weighted by Gasteiger charge is 2.36. The third kappa shape index (κ3) is 6.49. The molecule has 1 aromatic heterocycles. The summed E-state index contributed by atoms with van der Waals surface area (Å²) in [6, 6.07) is 12.7. The first-order valence-corrected chi connectivity index (χ1v) is 17.3. The summed E-state index contributed by atoms with van der Waals surface area (Å²) < 4.78 is 0. The monoisotopic (exact) mass is 625 g/mol. The fraction of sp³-hybridized carbons (Fsp3) is 0.556. The number of urea groups is 1. The molecular weight excluding hydrogens is 578 g/mol. The summed E-state index contributed by atoms with van der Waals surface area (Å²) in [7, 11) is 0. The van der Waals surface area contributed by atoms with Gasteiger partial charge in [0.2, 0.25) is 11.8 Å². The molecule has 0 spiro atoms. The van der Waals surface area contributed by atoms with Crippen LogP contribution < -0.4 is 5.32 Å². The highest BCUT2D eigenvalue weighted by molar-refractivity contribution is 5.92. The number of aromatic nitrogens is 2. The van der Waals surface area contributed by atoms with Crippen LogP contribution in [0.1, 0.15) is 68.1 Å². The summed E-state index contributed by atoms with van der Waals surface area (Å²) >= 11 is 0. The maximum absolute atomic E-state index is 14.2. The van der Waals surface area contributed by atoms with Gasteiger partial charge in [0.05, 0.1) is 17.6 Å². The second-order valence-corrected chi connectivity index (χ2v) is 13.8. The number of para-hydroxylation sites is 1. The minimum absolute atomic E-state index is 0.0366. The lowest BCUT2D eigenvalue weighted by molar-refractivity contribution is -0.143. The number of aromatic amines is 1. The van der Waals surface area contributed by atoms with E-state index in [1.165, 1.54) is 32.4 Å². The minimum Gasteiger partial charge on any atom is -0.343 e. The zero-order chi connectivity index (χ0) is 31.6. The predicted molar refractivity (Wildman–Crippen MR) is 178 cm³/mol. The number of anilines is 1. The van der Waals surface area contributed by atoms with Crippen molar-refractivity contribution >= 4 is 34.4 Å². The molecule has 2 aromatic carbocycles. The van der Waals surface area contributed by atoms with E-state index in [2.05, 4.69) is 45.5 Å². The Morgan fingerprint density at radius 3 is 2.41 bits per heavy atom. The second kappa shape index (κ2) is 13.4. The van der Waals surface area contributed by atoms with Crippen LogP contribution in [0.5, 0.6) is 0 Å². The van der Waals surface area contributed by atoms with Gasteiger partial charge < -0.3 is 24.9 Å². The standard InChI is InChI=1S/C36H47N7O3/c1-25-19-26(21-29-23-37-39-34(25)29)20-28(35(45)42-17-9-30(10-18-42)40-13-5-2-6-14-40)22-33(44)41-15-11-31(12-16-41)43-24-27-7-3-4-8-32(27)38-36(43)46/h3-4,7-8,19,21,23,28,30-31H,2,5-6,9-18,20,22,24H2,1H3,(H,37,39)(H,38,46)/t28-/m1/s1. The van der Waals surface area contributed by atoms with Gasteiger partial charge in [0.25, 0.3) is 0 Å². The van der Waals surface area contributed by atoms with Crippen LogP contribution in [0.15, 0.2) is 42.6 Å². The van der Waals surface area contributed by atoms with Gasteiger partial charge in [-0.2, -0.15) is 5.10 Å². The van der Waals surface area contributed by atoms with E-state index in [0.29, 0.717) is 32.1 Å². The third-order valence-electron chi connectivity index (χ3n) is 10.9. The van der Waals surface area contributed by atoms with Gasteiger partial charge in [-0.25, -0.2) is 4.79 Å². The maximum atomic E-state index is 14.2. The van der Waals surface area contributed by atoms with E-state index in [1.54, 1.807) is 0 Å². The lowest BCUT2D eigenvalue weighted by atomic mass is 9.90. The van der Waals surface area contributed by atoms with Crippen LogP contribution in [0.3, 0.4) is 0 Å². The number of piperidine rings is 3. The van der Waals surface area contributed by atoms with Crippen LogP contribution in [0.25, 0.3) is 10.9 Å². The second-order valence-electron chi connectivity index (χ2n) is 13.8. The molecule has 4 aliphatic rings. The van der Waals surface area contributed by atoms with E-state index < -0.39 is 5.92 Å². The molecule has 0 radical (unpaired) electrons. The molecule has 3 fully saturated rings. The maximum Gasteiger partial charge on any atom is 0.322 e. The Morgan fingerprint density at radius 1 is 0.913 bits per heavy atom. The number of nitrogens with zero attached hydrogens (tertiary/aromatic N) is 5. The molecule has 46 heavy (non-hydrogen) atoms. The van der Waals surface area contributed by atoms with Crippen LogP contribution in [-0.2, 0) is 22.6 Å². The fourth-order valence-electron chi connectivity index (χ4n) is 8.24. The van der Waals surface area contributed by atoms with E-state index in [4.69, 9.17) is 0 Å². The topological polar surface area (TPSA) is 105 Å². The number of benzene rings is 2. The van der Waals surface area contributed by atoms with Crippen molar-refractivity contribution in [2.45, 2.75) is 83.3 Å². The number of likely N-dealkylation sites (tertiary alicyclic amines) is 3. The average Bonchev–Trinajstić information content (AvgIpc) is 3.57. The molecular formula is C36H47N7O3. The summed E-state index contributed by atoms with van der Waals surface area (Å²) in [5.74, 6) is -0.270. The van der Waals surface area contributed by atoms with Gasteiger partial charge in [-0.15, -0.1) is 0 Å². The number of nitrogens with one attached hydrogen (secondary N) is 2. The van der Waals surface area contributed by atoms with E-state index in [0.717, 1.165) is 72.1 Å². The largest absolute Gasteiger partial charge is 0.343 e. The molecule has 2 N–H and O–H groups in total. The quantitative estimate of drug-likeness (QED) is 0.387. The summed E-state index contributed by atoms with van der Waals surface area (Å²) in [4.78, 5) is 49.4. The normalized spacial score (nSPS) is 20.9. The third-order valence-corrected chi connectivity index (χ3v) is 10.9. The van der Waals surface area contributed by atoms with Crippen LogP contribution in [0.2, 0.25) is 0 Å². The molecule has 0 aliphatic carbocycles. The van der Waals surface area contributed by atoms with E-state index in [1.807, 2.05) is 39.1 Å². The molecule has 7 rings (SSSR count). The Hall–Kier alpha value is -3.92. The van der Waals surface area contributed by atoms with Crippen LogP contribution >= 0.6 is 0 Å². The van der Waals surface area contributed by atoms with Gasteiger partial charge >= 0.3 is 6.03 Å². The number of aryl methyl sites for hydroxylation is 1. The van der Waals surface area contributed by atoms with E-state index >= 15 is 0 Å². The molecule has 4 aliphatic heterocycles. The number of hydrogen-bond donors (Lipinski definition) is 2. The highest BCUT2D eigenvalue weighted by atomic mass is 16.2. The molecule has 1 atom stereocenters. The van der Waals surface area contributed by atoms with Crippen LogP contribution in [0.4, 0.5) is 10.5 Å². The van der Waals surface area contributed by atoms with Gasteiger partial charge in [0.1, 0.15) is 0 Å². The van der Waals surface area contributed by atoms with Crippen molar-refractivity contribution < 1.29 is 14.4 Å². The smallest absolute Gasteiger partial charge is 0.322 e. The highest BCUT2D eigenvalue weighted by Crippen LogP contribution is 2.30. The van der Waals surface area contributed by atoms with Crippen molar-refractivity contribution in [3.05, 3.63) is 59.3 Å². The number of carbonyl (C=O) groups is 3. The zero-order valence-corrected chi connectivity index (χ0v) is 27.0. The number of H-pyrrole nitrogens is 1. The Bertz CT molecular complexity index is 1560. The first-order chi connectivity index (χ1) is 22.4. The predicted octanol–water partition coefficient (Wildman–Crippen LogP) is 4.94. The summed E-state index contributed by atoms with van der Waals surface area (Å²) in [6.07, 6.45) is 9.93. The van der Waals surface area contributed by atoms with Gasteiger partial charge in [0, 0.05) is 62.3 Å². The molecule has 4 amide bonds. The number of hydrogen-bond acceptors (Lipinski definition) is 5. The summed E-state index contributed by atoms with van der Waals surface area (Å²) in [5.41, 5.74) is 5.17. The lowest BCUT2D eigenvalue weighted by Gasteiger charge is -2.41. The number of carbonyl (C=O) groups excluding carboxylic acids is 3.